The molecule has 4 aromatic rings. The van der Waals surface area contributed by atoms with Crippen molar-refractivity contribution in [1.29, 1.82) is 0 Å². The molecule has 10 nitrogen and oxygen atoms in total. The minimum Gasteiger partial charge on any atom is -0.379 e. The number of carbonyl (C=O) groups is 2. The van der Waals surface area contributed by atoms with Gasteiger partial charge in [0.25, 0.3) is 11.8 Å². The summed E-state index contributed by atoms with van der Waals surface area (Å²) in [5.41, 5.74) is 5.82. The molecule has 1 fully saturated rings. The van der Waals surface area contributed by atoms with Gasteiger partial charge in [-0.2, -0.15) is 0 Å². The minimum absolute atomic E-state index is 0.0817. The average molecular weight is 528 g/mol. The lowest BCUT2D eigenvalue weighted by Gasteiger charge is -2.26. The summed E-state index contributed by atoms with van der Waals surface area (Å²) in [6.07, 6.45) is 2.32. The zero-order chi connectivity index (χ0) is 27.2. The number of aromatic nitrogens is 3. The van der Waals surface area contributed by atoms with E-state index in [0.717, 1.165) is 60.7 Å². The van der Waals surface area contributed by atoms with Crippen LogP contribution in [0.15, 0.2) is 60.8 Å². The lowest BCUT2D eigenvalue weighted by molar-refractivity contribution is 0.0383. The number of nitrogens with one attached hydrogen (secondary N) is 3. The number of rotatable bonds is 9. The molecule has 202 valence electrons. The maximum absolute atomic E-state index is 12.5. The predicted molar refractivity (Wildman–Crippen MR) is 150 cm³/mol. The van der Waals surface area contributed by atoms with E-state index in [1.807, 2.05) is 54.1 Å². The second kappa shape index (κ2) is 12.1. The molecule has 2 amide bonds. The number of pyridine rings is 1. The number of morpholine rings is 1. The van der Waals surface area contributed by atoms with E-state index in [1.165, 1.54) is 0 Å². The van der Waals surface area contributed by atoms with Crippen molar-refractivity contribution in [2.75, 3.05) is 51.8 Å². The number of fused-ring (bicyclic) bond motifs is 1. The van der Waals surface area contributed by atoms with Gasteiger partial charge >= 0.3 is 0 Å². The third-order valence-corrected chi connectivity index (χ3v) is 6.86. The molecule has 0 radical (unpaired) electrons. The largest absolute Gasteiger partial charge is 0.379 e. The van der Waals surface area contributed by atoms with Gasteiger partial charge in [-0.25, -0.2) is 4.98 Å². The summed E-state index contributed by atoms with van der Waals surface area (Å²) >= 11 is 0. The number of anilines is 2. The molecule has 0 unspecified atom stereocenters. The highest BCUT2D eigenvalue weighted by Crippen LogP contribution is 2.24. The van der Waals surface area contributed by atoms with Gasteiger partial charge in [-0.05, 0) is 66.1 Å². The van der Waals surface area contributed by atoms with Gasteiger partial charge in [0.2, 0.25) is 5.95 Å². The van der Waals surface area contributed by atoms with E-state index in [1.54, 1.807) is 13.2 Å². The monoisotopic (exact) mass is 527 g/mol. The molecule has 2 aromatic carbocycles. The van der Waals surface area contributed by atoms with E-state index in [0.29, 0.717) is 30.2 Å². The summed E-state index contributed by atoms with van der Waals surface area (Å²) in [5, 5.41) is 8.96. The van der Waals surface area contributed by atoms with Crippen molar-refractivity contribution < 1.29 is 14.3 Å². The normalized spacial score (nSPS) is 13.8. The number of amides is 2. The number of ether oxygens (including phenoxy) is 1. The minimum atomic E-state index is -0.204. The zero-order valence-corrected chi connectivity index (χ0v) is 22.2. The van der Waals surface area contributed by atoms with Crippen LogP contribution >= 0.6 is 0 Å². The lowest BCUT2D eigenvalue weighted by Crippen LogP contribution is -2.41. The smallest absolute Gasteiger partial charge is 0.269 e. The molecule has 0 spiro atoms. The molecule has 1 aliphatic rings. The average Bonchev–Trinajstić information content (AvgIpc) is 3.27. The first-order valence-corrected chi connectivity index (χ1v) is 13.1. The van der Waals surface area contributed by atoms with Crippen molar-refractivity contribution in [3.63, 3.8) is 0 Å². The Morgan fingerprint density at radius 2 is 1.74 bits per heavy atom. The fourth-order valence-corrected chi connectivity index (χ4v) is 4.63. The molecule has 3 N–H and O–H groups in total. The van der Waals surface area contributed by atoms with Crippen molar-refractivity contribution >= 4 is 34.5 Å². The summed E-state index contributed by atoms with van der Waals surface area (Å²) in [6.45, 7) is 4.75. The highest BCUT2D eigenvalue weighted by Gasteiger charge is 2.13. The molecule has 0 aliphatic carbocycles. The molecule has 1 saturated heterocycles. The highest BCUT2D eigenvalue weighted by atomic mass is 16.5. The molecule has 10 heteroatoms. The number of carbonyl (C=O) groups excluding carboxylic acids is 2. The molecule has 0 bridgehead atoms. The van der Waals surface area contributed by atoms with Crippen LogP contribution in [0, 0.1) is 0 Å². The number of aryl methyl sites for hydroxylation is 1. The van der Waals surface area contributed by atoms with Crippen LogP contribution in [-0.2, 0) is 18.2 Å². The Morgan fingerprint density at radius 3 is 2.51 bits per heavy atom. The van der Waals surface area contributed by atoms with Gasteiger partial charge in [0.15, 0.2) is 0 Å². The van der Waals surface area contributed by atoms with E-state index in [2.05, 4.69) is 38.0 Å². The van der Waals surface area contributed by atoms with Crippen molar-refractivity contribution in [3.05, 3.63) is 83.2 Å². The first kappa shape index (κ1) is 26.3. The first-order chi connectivity index (χ1) is 19.0. The van der Waals surface area contributed by atoms with Gasteiger partial charge in [-0.3, -0.25) is 19.5 Å². The molecule has 2 aromatic heterocycles. The summed E-state index contributed by atoms with van der Waals surface area (Å²) in [7, 11) is 3.56. The van der Waals surface area contributed by atoms with Crippen LogP contribution in [0.2, 0.25) is 0 Å². The van der Waals surface area contributed by atoms with Crippen molar-refractivity contribution in [3.8, 4) is 0 Å². The Hall–Kier alpha value is -4.28. The predicted octanol–water partition coefficient (Wildman–Crippen LogP) is 2.72. The SMILES string of the molecule is CNC(=O)c1cc(Cc2ccc3c(c2)nc(Nc2ccc(C(=O)NCCN4CCOCC4)cc2)n3C)ccn1. The second-order valence-corrected chi connectivity index (χ2v) is 9.53. The number of benzene rings is 2. The number of hydrogen-bond donors (Lipinski definition) is 3. The molecular weight excluding hydrogens is 494 g/mol. The van der Waals surface area contributed by atoms with Gasteiger partial charge in [0, 0.05) is 57.7 Å². The maximum atomic E-state index is 12.5. The highest BCUT2D eigenvalue weighted by molar-refractivity contribution is 5.94. The molecule has 1 aliphatic heterocycles. The van der Waals surface area contributed by atoms with E-state index < -0.39 is 0 Å². The number of imidazole rings is 1. The summed E-state index contributed by atoms with van der Waals surface area (Å²) < 4.78 is 7.36. The Labute approximate surface area is 227 Å². The first-order valence-electron chi connectivity index (χ1n) is 13.1. The molecule has 0 saturated carbocycles. The Morgan fingerprint density at radius 1 is 0.974 bits per heavy atom. The fraction of sp³-hybridized carbons (Fsp3) is 0.310. The van der Waals surface area contributed by atoms with Gasteiger partial charge < -0.3 is 25.3 Å². The van der Waals surface area contributed by atoms with Crippen molar-refractivity contribution in [2.45, 2.75) is 6.42 Å². The van der Waals surface area contributed by atoms with Crippen LogP contribution in [0.1, 0.15) is 32.0 Å². The summed E-state index contributed by atoms with van der Waals surface area (Å²) in [6, 6.07) is 17.3. The van der Waals surface area contributed by atoms with Crippen LogP contribution in [0.5, 0.6) is 0 Å². The van der Waals surface area contributed by atoms with Crippen LogP contribution in [0.25, 0.3) is 11.0 Å². The maximum Gasteiger partial charge on any atom is 0.269 e. The molecule has 0 atom stereocenters. The topological polar surface area (TPSA) is 113 Å². The standard InChI is InChI=1S/C29H33N7O3/c1-30-28(38)25-19-21(9-10-31-25)17-20-3-8-26-24(18-20)34-29(35(26)2)33-23-6-4-22(5-7-23)27(37)32-11-12-36-13-15-39-16-14-36/h3-10,18-19H,11-17H2,1-2H3,(H,30,38)(H,32,37)(H,33,34). The van der Waals surface area contributed by atoms with E-state index in [-0.39, 0.29) is 11.8 Å². The second-order valence-electron chi connectivity index (χ2n) is 9.53. The van der Waals surface area contributed by atoms with E-state index in [9.17, 15) is 9.59 Å². The number of hydrogen-bond acceptors (Lipinski definition) is 7. The van der Waals surface area contributed by atoms with Crippen LogP contribution in [0.4, 0.5) is 11.6 Å². The Kier molecular flexibility index (Phi) is 8.14. The van der Waals surface area contributed by atoms with Gasteiger partial charge in [0.05, 0.1) is 24.2 Å². The fourth-order valence-electron chi connectivity index (χ4n) is 4.63. The van der Waals surface area contributed by atoms with Gasteiger partial charge in [0.1, 0.15) is 5.69 Å². The van der Waals surface area contributed by atoms with Crippen molar-refractivity contribution in [1.82, 2.24) is 30.1 Å². The van der Waals surface area contributed by atoms with E-state index >= 15 is 0 Å². The zero-order valence-electron chi connectivity index (χ0n) is 22.2. The van der Waals surface area contributed by atoms with Gasteiger partial charge in [-0.1, -0.05) is 6.07 Å². The third kappa shape index (κ3) is 6.42. The molecule has 3 heterocycles. The Balaban J connectivity index is 1.21. The lowest BCUT2D eigenvalue weighted by atomic mass is 10.0. The third-order valence-electron chi connectivity index (χ3n) is 6.86. The molecule has 39 heavy (non-hydrogen) atoms. The number of nitrogens with zero attached hydrogens (tertiary/aromatic N) is 4. The van der Waals surface area contributed by atoms with Crippen LogP contribution in [0.3, 0.4) is 0 Å². The molecular formula is C29H33N7O3. The van der Waals surface area contributed by atoms with Crippen molar-refractivity contribution in [2.24, 2.45) is 7.05 Å². The summed E-state index contributed by atoms with van der Waals surface area (Å²) in [4.78, 5) is 35.7. The summed E-state index contributed by atoms with van der Waals surface area (Å²) in [5.74, 6) is 0.419. The molecule has 5 rings (SSSR count). The van der Waals surface area contributed by atoms with E-state index in [4.69, 9.17) is 9.72 Å². The van der Waals surface area contributed by atoms with Crippen LogP contribution < -0.4 is 16.0 Å². The quantitative estimate of drug-likeness (QED) is 0.307. The van der Waals surface area contributed by atoms with Crippen LogP contribution in [-0.4, -0.2) is 77.7 Å². The van der Waals surface area contributed by atoms with Gasteiger partial charge in [-0.15, -0.1) is 0 Å². The Bertz CT molecular complexity index is 1460.